The molecule has 212 valence electrons. The molecule has 0 unspecified atom stereocenters. The molecule has 0 fully saturated rings. The van der Waals surface area contributed by atoms with Crippen molar-refractivity contribution in [3.8, 4) is 11.4 Å². The van der Waals surface area contributed by atoms with Crippen LogP contribution in [0.1, 0.15) is 31.1 Å². The van der Waals surface area contributed by atoms with Crippen LogP contribution in [0.2, 0.25) is 0 Å². The van der Waals surface area contributed by atoms with Gasteiger partial charge in [-0.3, -0.25) is 9.59 Å². The number of pyridine rings is 1. The lowest BCUT2D eigenvalue weighted by Crippen LogP contribution is -2.49. The van der Waals surface area contributed by atoms with Gasteiger partial charge in [-0.25, -0.2) is 4.68 Å². The number of fused-ring (bicyclic) bond motifs is 1. The molecular formula is C27H24F6N4O3. The van der Waals surface area contributed by atoms with Gasteiger partial charge in [-0.05, 0) is 47.9 Å². The number of rotatable bonds is 7. The zero-order valence-electron chi connectivity index (χ0n) is 21.4. The first-order valence-corrected chi connectivity index (χ1v) is 12.0. The highest BCUT2D eigenvalue weighted by Gasteiger charge is 2.42. The molecule has 0 bridgehead atoms. The van der Waals surface area contributed by atoms with E-state index in [0.717, 1.165) is 24.3 Å². The minimum Gasteiger partial charge on any atom is -0.484 e. The SMILES string of the molecule is CC(C)[C@H](NC(=O)C(F)(F)F)[C@H](Oc1ccc2c(cnn2-c2ccc(=O)n(C)c2)c1)c1ccc(C(F)(F)F)cc1. The number of hydrogen-bond donors (Lipinski definition) is 1. The summed E-state index contributed by atoms with van der Waals surface area (Å²) < 4.78 is 87.8. The summed E-state index contributed by atoms with van der Waals surface area (Å²) in [6.07, 6.45) is -7.95. The topological polar surface area (TPSA) is 78.2 Å². The van der Waals surface area contributed by atoms with Crippen molar-refractivity contribution >= 4 is 16.8 Å². The first kappa shape index (κ1) is 28.7. The summed E-state index contributed by atoms with van der Waals surface area (Å²) >= 11 is 0. The Hall–Kier alpha value is -4.29. The van der Waals surface area contributed by atoms with Gasteiger partial charge in [0.2, 0.25) is 5.56 Å². The summed E-state index contributed by atoms with van der Waals surface area (Å²) in [7, 11) is 1.59. The van der Waals surface area contributed by atoms with E-state index in [1.807, 2.05) is 5.32 Å². The number of hydrogen-bond acceptors (Lipinski definition) is 4. The molecule has 7 nitrogen and oxygen atoms in total. The quantitative estimate of drug-likeness (QED) is 0.297. The Labute approximate surface area is 224 Å². The van der Waals surface area contributed by atoms with Crippen molar-refractivity contribution in [2.24, 2.45) is 13.0 Å². The highest BCUT2D eigenvalue weighted by molar-refractivity contribution is 5.82. The number of ether oxygens (including phenoxy) is 1. The number of aromatic nitrogens is 3. The number of nitrogens with zero attached hydrogens (tertiary/aromatic N) is 3. The normalized spacial score (nSPS) is 13.8. The monoisotopic (exact) mass is 566 g/mol. The summed E-state index contributed by atoms with van der Waals surface area (Å²) in [6.45, 7) is 3.12. The van der Waals surface area contributed by atoms with E-state index >= 15 is 0 Å². The molecule has 4 rings (SSSR count). The molecule has 4 aromatic rings. The lowest BCUT2D eigenvalue weighted by molar-refractivity contribution is -0.175. The van der Waals surface area contributed by atoms with Crippen LogP contribution in [0.5, 0.6) is 5.75 Å². The Bertz CT molecular complexity index is 1570. The first-order valence-electron chi connectivity index (χ1n) is 12.0. The fourth-order valence-corrected chi connectivity index (χ4v) is 4.18. The van der Waals surface area contributed by atoms with Gasteiger partial charge in [0, 0.05) is 24.7 Å². The van der Waals surface area contributed by atoms with Crippen molar-refractivity contribution in [3.63, 3.8) is 0 Å². The maximum absolute atomic E-state index is 13.1. The molecule has 2 aromatic heterocycles. The second-order valence-electron chi connectivity index (χ2n) is 9.51. The average molecular weight is 567 g/mol. The van der Waals surface area contributed by atoms with Crippen molar-refractivity contribution in [2.45, 2.75) is 38.3 Å². The van der Waals surface area contributed by atoms with Gasteiger partial charge in [-0.15, -0.1) is 0 Å². The van der Waals surface area contributed by atoms with Crippen LogP contribution in [0.3, 0.4) is 0 Å². The Morgan fingerprint density at radius 3 is 2.23 bits per heavy atom. The van der Waals surface area contributed by atoms with E-state index in [4.69, 9.17) is 4.74 Å². The molecule has 0 saturated carbocycles. The van der Waals surface area contributed by atoms with Crippen molar-refractivity contribution < 1.29 is 35.9 Å². The third-order valence-electron chi connectivity index (χ3n) is 6.28. The predicted molar refractivity (Wildman–Crippen MR) is 134 cm³/mol. The molecular weight excluding hydrogens is 542 g/mol. The van der Waals surface area contributed by atoms with E-state index < -0.39 is 41.9 Å². The van der Waals surface area contributed by atoms with Gasteiger partial charge in [-0.2, -0.15) is 31.4 Å². The van der Waals surface area contributed by atoms with Crippen LogP contribution in [0, 0.1) is 5.92 Å². The van der Waals surface area contributed by atoms with Crippen molar-refractivity contribution in [1.82, 2.24) is 19.7 Å². The van der Waals surface area contributed by atoms with E-state index in [9.17, 15) is 35.9 Å². The zero-order chi connectivity index (χ0) is 29.4. The van der Waals surface area contributed by atoms with Gasteiger partial charge in [-0.1, -0.05) is 26.0 Å². The largest absolute Gasteiger partial charge is 0.484 e. The van der Waals surface area contributed by atoms with Crippen LogP contribution in [-0.4, -0.2) is 32.5 Å². The molecule has 1 amide bonds. The fourth-order valence-electron chi connectivity index (χ4n) is 4.18. The lowest BCUT2D eigenvalue weighted by atomic mass is 9.92. The van der Waals surface area contributed by atoms with Crippen LogP contribution >= 0.6 is 0 Å². The number of carbonyl (C=O) groups excluding carboxylic acids is 1. The predicted octanol–water partition coefficient (Wildman–Crippen LogP) is 5.57. The van der Waals surface area contributed by atoms with Gasteiger partial charge in [0.05, 0.1) is 29.0 Å². The molecule has 0 spiro atoms. The summed E-state index contributed by atoms with van der Waals surface area (Å²) in [5.74, 6) is -2.61. The Morgan fingerprint density at radius 2 is 1.65 bits per heavy atom. The van der Waals surface area contributed by atoms with Crippen LogP contribution in [0.4, 0.5) is 26.3 Å². The molecule has 2 aromatic carbocycles. The molecule has 1 N–H and O–H groups in total. The number of aryl methyl sites for hydroxylation is 1. The van der Waals surface area contributed by atoms with Crippen molar-refractivity contribution in [2.75, 3.05) is 0 Å². The first-order chi connectivity index (χ1) is 18.6. The van der Waals surface area contributed by atoms with E-state index in [-0.39, 0.29) is 16.9 Å². The molecule has 0 aliphatic rings. The highest BCUT2D eigenvalue weighted by atomic mass is 19.4. The van der Waals surface area contributed by atoms with E-state index in [2.05, 4.69) is 5.10 Å². The van der Waals surface area contributed by atoms with Gasteiger partial charge in [0.25, 0.3) is 0 Å². The Morgan fingerprint density at radius 1 is 0.975 bits per heavy atom. The molecule has 2 heterocycles. The molecule has 0 radical (unpaired) electrons. The van der Waals surface area contributed by atoms with E-state index in [1.165, 1.54) is 22.9 Å². The minimum absolute atomic E-state index is 0.134. The number of nitrogens with one attached hydrogen (secondary N) is 1. The molecule has 2 atom stereocenters. The van der Waals surface area contributed by atoms with Crippen LogP contribution in [0.15, 0.2) is 71.8 Å². The molecule has 0 aliphatic heterocycles. The lowest BCUT2D eigenvalue weighted by Gasteiger charge is -2.32. The number of benzene rings is 2. The maximum atomic E-state index is 13.1. The van der Waals surface area contributed by atoms with Gasteiger partial charge < -0.3 is 14.6 Å². The molecule has 13 heteroatoms. The van der Waals surface area contributed by atoms with Crippen molar-refractivity contribution in [3.05, 3.63) is 88.5 Å². The fraction of sp³-hybridized carbons (Fsp3) is 0.296. The smallest absolute Gasteiger partial charge is 0.471 e. The third-order valence-corrected chi connectivity index (χ3v) is 6.28. The number of amides is 1. The van der Waals surface area contributed by atoms with Crippen LogP contribution in [-0.2, 0) is 18.0 Å². The Balaban J connectivity index is 1.73. The maximum Gasteiger partial charge on any atom is 0.471 e. The highest BCUT2D eigenvalue weighted by Crippen LogP contribution is 2.34. The summed E-state index contributed by atoms with van der Waals surface area (Å²) in [5, 5.41) is 6.85. The number of alkyl halides is 6. The Kier molecular flexibility index (Phi) is 7.68. The summed E-state index contributed by atoms with van der Waals surface area (Å²) in [6, 6.07) is 10.3. The minimum atomic E-state index is -5.17. The summed E-state index contributed by atoms with van der Waals surface area (Å²) in [5.41, 5.74) is 0.214. The number of halogens is 6. The van der Waals surface area contributed by atoms with Gasteiger partial charge >= 0.3 is 18.3 Å². The van der Waals surface area contributed by atoms with Gasteiger partial charge in [0.15, 0.2) is 0 Å². The van der Waals surface area contributed by atoms with E-state index in [1.54, 1.807) is 50.0 Å². The second-order valence-corrected chi connectivity index (χ2v) is 9.51. The molecule has 40 heavy (non-hydrogen) atoms. The van der Waals surface area contributed by atoms with Crippen molar-refractivity contribution in [1.29, 1.82) is 0 Å². The van der Waals surface area contributed by atoms with Crippen LogP contribution < -0.4 is 15.6 Å². The second kappa shape index (κ2) is 10.7. The van der Waals surface area contributed by atoms with Crippen LogP contribution in [0.25, 0.3) is 16.6 Å². The molecule has 0 saturated heterocycles. The third kappa shape index (κ3) is 6.13. The number of carbonyl (C=O) groups is 1. The zero-order valence-corrected chi connectivity index (χ0v) is 21.4. The summed E-state index contributed by atoms with van der Waals surface area (Å²) in [4.78, 5) is 23.6. The molecule has 0 aliphatic carbocycles. The standard InChI is InChI=1S/C27H24F6N4O3/c1-15(2)23(35-25(39)27(31,32)33)24(16-4-6-18(7-5-16)26(28,29)30)40-20-9-10-21-17(12-20)13-34-37(21)19-8-11-22(38)36(3)14-19/h4-15,23-24H,1-3H3,(H,35,39)/t23-,24+/m0/s1. The van der Waals surface area contributed by atoms with E-state index in [0.29, 0.717) is 16.6 Å². The average Bonchev–Trinajstić information content (AvgIpc) is 3.29. The van der Waals surface area contributed by atoms with Gasteiger partial charge in [0.1, 0.15) is 11.9 Å².